The fourth-order valence-electron chi connectivity index (χ4n) is 0.749. The Balaban J connectivity index is 3.31. The first-order valence-corrected chi connectivity index (χ1v) is 5.17. The fourth-order valence-corrected chi connectivity index (χ4v) is 1.60. The third-order valence-electron chi connectivity index (χ3n) is 1.39. The summed E-state index contributed by atoms with van der Waals surface area (Å²) in [6.07, 6.45) is 5.21. The summed E-state index contributed by atoms with van der Waals surface area (Å²) in [6.45, 7) is 7.13. The van der Waals surface area contributed by atoms with Gasteiger partial charge in [0.25, 0.3) is 0 Å². The van der Waals surface area contributed by atoms with E-state index in [-0.39, 0.29) is 5.44 Å². The first-order valence-electron chi connectivity index (χ1n) is 4.12. The Morgan fingerprint density at radius 2 is 2.42 bits per heavy atom. The molecular weight excluding hydrogens is 172 g/mol. The van der Waals surface area contributed by atoms with Crippen molar-refractivity contribution in [3.8, 4) is 0 Å². The number of unbranched alkanes of at least 4 members (excludes halogenated alkanes) is 2. The first kappa shape index (κ1) is 11.6. The molecular formula is C9H15O2S. The topological polar surface area (TPSA) is 26.3 Å². The molecule has 69 valence electrons. The smallest absolute Gasteiger partial charge is 0.418 e. The van der Waals surface area contributed by atoms with Crippen LogP contribution in [0.15, 0.2) is 12.7 Å². The number of rotatable bonds is 8. The van der Waals surface area contributed by atoms with Gasteiger partial charge in [-0.2, -0.15) is 0 Å². The Labute approximate surface area is 78.4 Å². The third kappa shape index (κ3) is 6.28. The summed E-state index contributed by atoms with van der Waals surface area (Å²) in [4.78, 5) is 9.85. The predicted molar refractivity (Wildman–Crippen MR) is 52.7 cm³/mol. The van der Waals surface area contributed by atoms with E-state index in [0.717, 1.165) is 12.2 Å². The molecule has 0 amide bonds. The molecule has 0 N–H and O–H groups in total. The van der Waals surface area contributed by atoms with Crippen molar-refractivity contribution < 1.29 is 9.53 Å². The monoisotopic (exact) mass is 187 g/mol. The number of ether oxygens (including phenoxy) is 1. The van der Waals surface area contributed by atoms with Crippen LogP contribution in [-0.4, -0.2) is 17.7 Å². The van der Waals surface area contributed by atoms with Gasteiger partial charge in [-0.25, -0.2) is 4.79 Å². The average molecular weight is 187 g/mol. The van der Waals surface area contributed by atoms with Crippen LogP contribution in [0.25, 0.3) is 0 Å². The number of thioether (sulfide) groups is 1. The molecule has 0 aromatic heterocycles. The highest BCUT2D eigenvalue weighted by atomic mass is 32.2. The van der Waals surface area contributed by atoms with Gasteiger partial charge in [0.1, 0.15) is 0 Å². The van der Waals surface area contributed by atoms with Crippen molar-refractivity contribution in [2.24, 2.45) is 0 Å². The summed E-state index contributed by atoms with van der Waals surface area (Å²) in [5, 5.41) is 0. The van der Waals surface area contributed by atoms with Crippen LogP contribution in [0.2, 0.25) is 0 Å². The van der Waals surface area contributed by atoms with E-state index in [1.165, 1.54) is 19.3 Å². The molecule has 1 radical (unpaired) electrons. The van der Waals surface area contributed by atoms with Crippen LogP contribution in [0, 0.1) is 0 Å². The van der Waals surface area contributed by atoms with Crippen LogP contribution in [0.3, 0.4) is 0 Å². The highest BCUT2D eigenvalue weighted by Gasteiger charge is 2.03. The van der Waals surface area contributed by atoms with E-state index >= 15 is 0 Å². The zero-order valence-corrected chi connectivity index (χ0v) is 8.23. The Morgan fingerprint density at radius 1 is 1.67 bits per heavy atom. The molecule has 0 saturated carbocycles. The van der Waals surface area contributed by atoms with Crippen molar-refractivity contribution >= 4 is 18.2 Å². The Bertz CT molecular complexity index is 126. The van der Waals surface area contributed by atoms with Crippen LogP contribution >= 0.6 is 11.8 Å². The summed E-state index contributed by atoms with van der Waals surface area (Å²) in [5.74, 6) is 1.01. The van der Waals surface area contributed by atoms with E-state index in [2.05, 4.69) is 18.2 Å². The summed E-state index contributed by atoms with van der Waals surface area (Å²) >= 11 is 1.58. The van der Waals surface area contributed by atoms with E-state index < -0.39 is 0 Å². The molecule has 0 fully saturated rings. The third-order valence-corrected chi connectivity index (χ3v) is 2.53. The summed E-state index contributed by atoms with van der Waals surface area (Å²) in [5.41, 5.74) is -0.223. The minimum Gasteiger partial charge on any atom is -0.439 e. The van der Waals surface area contributed by atoms with Gasteiger partial charge in [-0.1, -0.05) is 26.3 Å². The van der Waals surface area contributed by atoms with Crippen molar-refractivity contribution in [2.45, 2.75) is 31.6 Å². The quantitative estimate of drug-likeness (QED) is 0.332. The van der Waals surface area contributed by atoms with Gasteiger partial charge in [-0.3, -0.25) is 0 Å². The highest BCUT2D eigenvalue weighted by molar-refractivity contribution is 7.99. The second-order valence-corrected chi connectivity index (χ2v) is 3.59. The van der Waals surface area contributed by atoms with Crippen LogP contribution < -0.4 is 0 Å². The Morgan fingerprint density at radius 3 is 2.92 bits per heavy atom. The molecule has 0 heterocycles. The maximum Gasteiger partial charge on any atom is 0.418 e. The molecule has 0 saturated heterocycles. The zero-order chi connectivity index (χ0) is 9.23. The van der Waals surface area contributed by atoms with Crippen LogP contribution in [0.5, 0.6) is 0 Å². The van der Waals surface area contributed by atoms with Crippen molar-refractivity contribution in [3.05, 3.63) is 12.7 Å². The minimum atomic E-state index is -0.223. The minimum absolute atomic E-state index is 0.223. The molecule has 0 aliphatic heterocycles. The second-order valence-electron chi connectivity index (χ2n) is 2.38. The molecule has 0 spiro atoms. The van der Waals surface area contributed by atoms with Crippen molar-refractivity contribution in [3.63, 3.8) is 0 Å². The van der Waals surface area contributed by atoms with Crippen LogP contribution in [-0.2, 0) is 9.53 Å². The molecule has 12 heavy (non-hydrogen) atoms. The van der Waals surface area contributed by atoms with Gasteiger partial charge in [-0.15, -0.1) is 11.8 Å². The number of carbonyl (C=O) groups excluding carboxylic acids is 1. The van der Waals surface area contributed by atoms with Crippen LogP contribution in [0.1, 0.15) is 26.2 Å². The van der Waals surface area contributed by atoms with E-state index in [1.54, 1.807) is 17.8 Å². The number of hydrogen-bond acceptors (Lipinski definition) is 3. The molecule has 0 aliphatic rings. The van der Waals surface area contributed by atoms with Gasteiger partial charge in [0, 0.05) is 0 Å². The first-order chi connectivity index (χ1) is 5.85. The van der Waals surface area contributed by atoms with E-state index in [4.69, 9.17) is 0 Å². The zero-order valence-electron chi connectivity index (χ0n) is 7.41. The van der Waals surface area contributed by atoms with E-state index in [0.29, 0.717) is 0 Å². The summed E-state index contributed by atoms with van der Waals surface area (Å²) in [6, 6.07) is 0. The lowest BCUT2D eigenvalue weighted by molar-refractivity contribution is 0.289. The predicted octanol–water partition coefficient (Wildman–Crippen LogP) is 2.51. The van der Waals surface area contributed by atoms with Crippen LogP contribution in [0.4, 0.5) is 0 Å². The van der Waals surface area contributed by atoms with Crippen molar-refractivity contribution in [2.75, 3.05) is 5.75 Å². The molecule has 0 aliphatic carbocycles. The highest BCUT2D eigenvalue weighted by Crippen LogP contribution is 2.14. The van der Waals surface area contributed by atoms with Crippen molar-refractivity contribution in [1.29, 1.82) is 0 Å². The molecule has 1 unspecified atom stereocenters. The normalized spacial score (nSPS) is 12.1. The maximum absolute atomic E-state index is 9.85. The summed E-state index contributed by atoms with van der Waals surface area (Å²) < 4.78 is 4.61. The largest absolute Gasteiger partial charge is 0.439 e. The number of hydrogen-bond donors (Lipinski definition) is 0. The van der Waals surface area contributed by atoms with E-state index in [9.17, 15) is 4.79 Å². The van der Waals surface area contributed by atoms with Gasteiger partial charge in [0.15, 0.2) is 5.44 Å². The molecule has 2 nitrogen and oxygen atoms in total. The Hall–Kier alpha value is -0.440. The second kappa shape index (κ2) is 8.65. The van der Waals surface area contributed by atoms with Crippen molar-refractivity contribution in [1.82, 2.24) is 0 Å². The maximum atomic E-state index is 9.85. The molecule has 0 aromatic carbocycles. The summed E-state index contributed by atoms with van der Waals surface area (Å²) in [7, 11) is 0. The van der Waals surface area contributed by atoms with Gasteiger partial charge >= 0.3 is 6.47 Å². The lowest BCUT2D eigenvalue weighted by Gasteiger charge is -2.07. The molecule has 0 bridgehead atoms. The molecule has 0 rings (SSSR count). The standard InChI is InChI=1S/C9H15O2S/c1-3-5-6-7-12-9(4-2)11-8-10/h4,9H,2-3,5-7H2,1H3. The van der Waals surface area contributed by atoms with Gasteiger partial charge in [0.05, 0.1) is 0 Å². The average Bonchev–Trinajstić information content (AvgIpc) is 2.10. The lowest BCUT2D eigenvalue weighted by atomic mass is 10.3. The lowest BCUT2D eigenvalue weighted by Crippen LogP contribution is -2.03. The Kier molecular flexibility index (Phi) is 8.34. The molecule has 0 aromatic rings. The van der Waals surface area contributed by atoms with Gasteiger partial charge in [0.2, 0.25) is 0 Å². The van der Waals surface area contributed by atoms with Gasteiger partial charge in [-0.05, 0) is 18.2 Å². The SMILES string of the molecule is C=CC(O[C]=O)SCCCCC. The molecule has 3 heteroatoms. The molecule has 1 atom stereocenters. The fraction of sp³-hybridized carbons (Fsp3) is 0.667. The van der Waals surface area contributed by atoms with E-state index in [1.807, 2.05) is 0 Å². The van der Waals surface area contributed by atoms with Gasteiger partial charge < -0.3 is 4.74 Å².